The Hall–Kier alpha value is -1.63. The molecule has 2 aliphatic rings. The second-order valence-corrected chi connectivity index (χ2v) is 8.04. The van der Waals surface area contributed by atoms with E-state index in [1.807, 2.05) is 34.5 Å². The molecular formula is C19H24N2O3S. The third kappa shape index (κ3) is 3.66. The van der Waals surface area contributed by atoms with Crippen molar-refractivity contribution in [3.63, 3.8) is 0 Å². The summed E-state index contributed by atoms with van der Waals surface area (Å²) in [6.07, 6.45) is 2.93. The summed E-state index contributed by atoms with van der Waals surface area (Å²) in [7, 11) is 2.09. The van der Waals surface area contributed by atoms with Crippen molar-refractivity contribution in [2.75, 3.05) is 33.3 Å². The number of likely N-dealkylation sites (tertiary alicyclic amines) is 1. The SMILES string of the molecule is CN(Cc1ccco1)C[C@@H]1OC[C@H]2CCN(C(=O)c3cccs3)C[C@H]21. The molecule has 2 aromatic heterocycles. The number of nitrogens with zero attached hydrogens (tertiary/aromatic N) is 2. The van der Waals surface area contributed by atoms with Crippen molar-refractivity contribution in [3.8, 4) is 0 Å². The van der Waals surface area contributed by atoms with Crippen molar-refractivity contribution in [1.29, 1.82) is 0 Å². The first kappa shape index (κ1) is 16.8. The largest absolute Gasteiger partial charge is 0.468 e. The van der Waals surface area contributed by atoms with Crippen LogP contribution in [-0.4, -0.2) is 55.1 Å². The van der Waals surface area contributed by atoms with Gasteiger partial charge in [0, 0.05) is 25.6 Å². The van der Waals surface area contributed by atoms with Gasteiger partial charge in [-0.3, -0.25) is 9.69 Å². The number of rotatable bonds is 5. The standard InChI is InChI=1S/C19H24N2O3S/c1-20(10-15-4-2-8-23-15)12-17-16-11-21(7-6-14(16)13-24-17)19(22)18-5-3-9-25-18/h2-5,8-9,14,16-17H,6-7,10-13H2,1H3/t14-,16-,17+/m1/s1. The van der Waals surface area contributed by atoms with E-state index in [4.69, 9.17) is 9.15 Å². The fourth-order valence-corrected chi connectivity index (χ4v) is 4.69. The highest BCUT2D eigenvalue weighted by molar-refractivity contribution is 7.12. The molecule has 0 bridgehead atoms. The van der Waals surface area contributed by atoms with Crippen LogP contribution in [0.5, 0.6) is 0 Å². The Morgan fingerprint density at radius 2 is 2.32 bits per heavy atom. The first-order chi connectivity index (χ1) is 12.2. The number of carbonyl (C=O) groups is 1. The summed E-state index contributed by atoms with van der Waals surface area (Å²) >= 11 is 1.52. The van der Waals surface area contributed by atoms with Crippen LogP contribution >= 0.6 is 11.3 Å². The monoisotopic (exact) mass is 360 g/mol. The zero-order valence-electron chi connectivity index (χ0n) is 14.5. The number of hydrogen-bond donors (Lipinski definition) is 0. The molecule has 1 amide bonds. The summed E-state index contributed by atoms with van der Waals surface area (Å²) < 4.78 is 11.5. The zero-order chi connectivity index (χ0) is 17.2. The van der Waals surface area contributed by atoms with Crippen LogP contribution in [0.3, 0.4) is 0 Å². The van der Waals surface area contributed by atoms with Crippen molar-refractivity contribution in [2.45, 2.75) is 19.1 Å². The van der Waals surface area contributed by atoms with E-state index in [9.17, 15) is 4.79 Å². The minimum absolute atomic E-state index is 0.169. The van der Waals surface area contributed by atoms with Crippen LogP contribution in [0.1, 0.15) is 21.9 Å². The van der Waals surface area contributed by atoms with Gasteiger partial charge in [-0.25, -0.2) is 0 Å². The van der Waals surface area contributed by atoms with Crippen molar-refractivity contribution < 1.29 is 13.9 Å². The fourth-order valence-electron chi connectivity index (χ4n) is 4.00. The normalized spacial score (nSPS) is 26.2. The average molecular weight is 360 g/mol. The smallest absolute Gasteiger partial charge is 0.263 e. The van der Waals surface area contributed by atoms with Gasteiger partial charge in [0.15, 0.2) is 0 Å². The molecule has 5 nitrogen and oxygen atoms in total. The molecule has 4 heterocycles. The Bertz CT molecular complexity index is 686. The van der Waals surface area contributed by atoms with E-state index in [-0.39, 0.29) is 12.0 Å². The van der Waals surface area contributed by atoms with Crippen molar-refractivity contribution in [3.05, 3.63) is 46.5 Å². The molecule has 0 unspecified atom stereocenters. The molecule has 2 aromatic rings. The van der Waals surface area contributed by atoms with Crippen LogP contribution in [0.15, 0.2) is 40.3 Å². The van der Waals surface area contributed by atoms with Crippen LogP contribution in [0, 0.1) is 11.8 Å². The molecule has 3 atom stereocenters. The van der Waals surface area contributed by atoms with Gasteiger partial charge in [-0.2, -0.15) is 0 Å². The predicted octanol–water partition coefficient (Wildman–Crippen LogP) is 2.95. The number of furan rings is 1. The molecule has 0 N–H and O–H groups in total. The van der Waals surface area contributed by atoms with Gasteiger partial charge in [-0.05, 0) is 43.0 Å². The molecule has 4 rings (SSSR count). The van der Waals surface area contributed by atoms with Crippen LogP contribution in [0.25, 0.3) is 0 Å². The second kappa shape index (κ2) is 7.32. The summed E-state index contributed by atoms with van der Waals surface area (Å²) in [5.74, 6) is 2.14. The maximum Gasteiger partial charge on any atom is 0.263 e. The fraction of sp³-hybridized carbons (Fsp3) is 0.526. The summed E-state index contributed by atoms with van der Waals surface area (Å²) in [6.45, 7) is 4.12. The average Bonchev–Trinajstić information content (AvgIpc) is 3.36. The minimum Gasteiger partial charge on any atom is -0.468 e. The summed E-state index contributed by atoms with van der Waals surface area (Å²) in [5, 5.41) is 1.96. The molecule has 0 radical (unpaired) electrons. The summed E-state index contributed by atoms with van der Waals surface area (Å²) in [5.41, 5.74) is 0. The van der Waals surface area contributed by atoms with Gasteiger partial charge < -0.3 is 14.1 Å². The van der Waals surface area contributed by atoms with Gasteiger partial charge in [-0.15, -0.1) is 11.3 Å². The van der Waals surface area contributed by atoms with Gasteiger partial charge in [0.2, 0.25) is 0 Å². The van der Waals surface area contributed by atoms with E-state index in [0.717, 1.165) is 49.8 Å². The quantitative estimate of drug-likeness (QED) is 0.822. The van der Waals surface area contributed by atoms with Crippen LogP contribution in [0.4, 0.5) is 0 Å². The lowest BCUT2D eigenvalue weighted by atomic mass is 9.84. The molecule has 2 fully saturated rings. The molecule has 134 valence electrons. The Balaban J connectivity index is 1.37. The van der Waals surface area contributed by atoms with E-state index in [2.05, 4.69) is 11.9 Å². The molecule has 2 saturated heterocycles. The van der Waals surface area contributed by atoms with E-state index < -0.39 is 0 Å². The Kier molecular flexibility index (Phi) is 4.92. The maximum atomic E-state index is 12.7. The first-order valence-corrected chi connectivity index (χ1v) is 9.74. The third-order valence-electron chi connectivity index (χ3n) is 5.33. The van der Waals surface area contributed by atoms with Crippen molar-refractivity contribution in [1.82, 2.24) is 9.80 Å². The zero-order valence-corrected chi connectivity index (χ0v) is 15.3. The number of fused-ring (bicyclic) bond motifs is 1. The topological polar surface area (TPSA) is 45.9 Å². The van der Waals surface area contributed by atoms with Crippen LogP contribution < -0.4 is 0 Å². The number of hydrogen-bond acceptors (Lipinski definition) is 5. The molecule has 0 aliphatic carbocycles. The highest BCUT2D eigenvalue weighted by atomic mass is 32.1. The van der Waals surface area contributed by atoms with E-state index >= 15 is 0 Å². The predicted molar refractivity (Wildman–Crippen MR) is 96.6 cm³/mol. The lowest BCUT2D eigenvalue weighted by Crippen LogP contribution is -2.47. The lowest BCUT2D eigenvalue weighted by Gasteiger charge is -2.36. The highest BCUT2D eigenvalue weighted by Crippen LogP contribution is 2.35. The first-order valence-electron chi connectivity index (χ1n) is 8.86. The Morgan fingerprint density at radius 3 is 3.08 bits per heavy atom. The van der Waals surface area contributed by atoms with E-state index in [1.54, 1.807) is 6.26 Å². The van der Waals surface area contributed by atoms with Gasteiger partial charge in [0.25, 0.3) is 5.91 Å². The van der Waals surface area contributed by atoms with Gasteiger partial charge in [-0.1, -0.05) is 6.07 Å². The summed E-state index contributed by atoms with van der Waals surface area (Å²) in [6, 6.07) is 7.77. The van der Waals surface area contributed by atoms with E-state index in [0.29, 0.717) is 11.8 Å². The van der Waals surface area contributed by atoms with Gasteiger partial charge >= 0.3 is 0 Å². The molecule has 0 saturated carbocycles. The van der Waals surface area contributed by atoms with Crippen LogP contribution in [0.2, 0.25) is 0 Å². The number of likely N-dealkylation sites (N-methyl/N-ethyl adjacent to an activating group) is 1. The van der Waals surface area contributed by atoms with Gasteiger partial charge in [0.1, 0.15) is 5.76 Å². The molecule has 25 heavy (non-hydrogen) atoms. The highest BCUT2D eigenvalue weighted by Gasteiger charge is 2.42. The summed E-state index contributed by atoms with van der Waals surface area (Å²) in [4.78, 5) is 17.8. The number of piperidine rings is 1. The number of ether oxygens (including phenoxy) is 1. The molecular weight excluding hydrogens is 336 g/mol. The second-order valence-electron chi connectivity index (χ2n) is 7.09. The van der Waals surface area contributed by atoms with Crippen molar-refractivity contribution >= 4 is 17.2 Å². The van der Waals surface area contributed by atoms with Crippen molar-refractivity contribution in [2.24, 2.45) is 11.8 Å². The third-order valence-corrected chi connectivity index (χ3v) is 6.18. The van der Waals surface area contributed by atoms with Crippen LogP contribution in [-0.2, 0) is 11.3 Å². The number of carbonyl (C=O) groups excluding carboxylic acids is 1. The maximum absolute atomic E-state index is 12.7. The molecule has 0 spiro atoms. The molecule has 2 aliphatic heterocycles. The number of amides is 1. The molecule has 0 aromatic carbocycles. The number of thiophene rings is 1. The Morgan fingerprint density at radius 1 is 1.40 bits per heavy atom. The minimum atomic E-state index is 0.169. The van der Waals surface area contributed by atoms with E-state index in [1.165, 1.54) is 11.3 Å². The lowest BCUT2D eigenvalue weighted by molar-refractivity contribution is 0.0422. The molecule has 6 heteroatoms. The van der Waals surface area contributed by atoms with Gasteiger partial charge in [0.05, 0.1) is 30.4 Å². The Labute approximate surface area is 152 Å².